The molecule has 0 aliphatic heterocycles. The van der Waals surface area contributed by atoms with Crippen LogP contribution < -0.4 is 0 Å². The molecule has 0 spiro atoms. The van der Waals surface area contributed by atoms with Gasteiger partial charge in [-0.05, 0) is 29.0 Å². The van der Waals surface area contributed by atoms with Gasteiger partial charge in [0, 0.05) is 17.5 Å². The maximum absolute atomic E-state index is 12.7. The predicted molar refractivity (Wildman–Crippen MR) is 94.3 cm³/mol. The maximum Gasteiger partial charge on any atom is 0.254 e. The molecule has 0 fully saturated rings. The second kappa shape index (κ2) is 6.89. The van der Waals surface area contributed by atoms with Gasteiger partial charge in [0.05, 0.1) is 17.0 Å². The normalized spacial score (nSPS) is 10.5. The Kier molecular flexibility index (Phi) is 4.69. The number of amides is 1. The SMILES string of the molecule is CN(Cc1cccs1)C(=O)c1ccccc1C(=O)c1cccs1. The quantitative estimate of drug-likeness (QED) is 0.648. The van der Waals surface area contributed by atoms with Gasteiger partial charge in [-0.1, -0.05) is 30.3 Å². The summed E-state index contributed by atoms with van der Waals surface area (Å²) in [6, 6.07) is 14.6. The van der Waals surface area contributed by atoms with Crippen LogP contribution in [0.4, 0.5) is 0 Å². The molecule has 0 aliphatic rings. The summed E-state index contributed by atoms with van der Waals surface area (Å²) in [5, 5.41) is 3.85. The van der Waals surface area contributed by atoms with E-state index in [9.17, 15) is 9.59 Å². The lowest BCUT2D eigenvalue weighted by Gasteiger charge is -2.18. The van der Waals surface area contributed by atoms with Gasteiger partial charge < -0.3 is 4.90 Å². The minimum absolute atomic E-state index is 0.103. The van der Waals surface area contributed by atoms with E-state index >= 15 is 0 Å². The fourth-order valence-electron chi connectivity index (χ4n) is 2.32. The van der Waals surface area contributed by atoms with Gasteiger partial charge in [-0.15, -0.1) is 22.7 Å². The number of rotatable bonds is 5. The summed E-state index contributed by atoms with van der Waals surface area (Å²) in [6.45, 7) is 0.540. The highest BCUT2D eigenvalue weighted by Gasteiger charge is 2.21. The van der Waals surface area contributed by atoms with Crippen molar-refractivity contribution in [2.24, 2.45) is 0 Å². The van der Waals surface area contributed by atoms with Crippen LogP contribution >= 0.6 is 22.7 Å². The Balaban J connectivity index is 1.87. The third-order valence-electron chi connectivity index (χ3n) is 3.47. The third-order valence-corrected chi connectivity index (χ3v) is 5.20. The minimum Gasteiger partial charge on any atom is -0.337 e. The summed E-state index contributed by atoms with van der Waals surface area (Å²) in [6.07, 6.45) is 0. The first-order valence-electron chi connectivity index (χ1n) is 7.12. The average molecular weight is 341 g/mol. The molecule has 0 unspecified atom stereocenters. The zero-order valence-electron chi connectivity index (χ0n) is 12.6. The molecule has 1 amide bonds. The number of hydrogen-bond donors (Lipinski definition) is 0. The molecule has 23 heavy (non-hydrogen) atoms. The first-order chi connectivity index (χ1) is 11.2. The molecule has 0 atom stereocenters. The highest BCUT2D eigenvalue weighted by molar-refractivity contribution is 7.12. The van der Waals surface area contributed by atoms with Crippen LogP contribution in [0.15, 0.2) is 59.3 Å². The van der Waals surface area contributed by atoms with E-state index in [0.29, 0.717) is 22.5 Å². The average Bonchev–Trinajstić information content (AvgIpc) is 3.27. The Morgan fingerprint density at radius 2 is 1.61 bits per heavy atom. The summed E-state index contributed by atoms with van der Waals surface area (Å²) in [5.74, 6) is -0.243. The van der Waals surface area contributed by atoms with E-state index < -0.39 is 0 Å². The minimum atomic E-state index is -0.140. The smallest absolute Gasteiger partial charge is 0.254 e. The van der Waals surface area contributed by atoms with E-state index in [4.69, 9.17) is 0 Å². The van der Waals surface area contributed by atoms with Crippen LogP contribution in [0.3, 0.4) is 0 Å². The molecule has 0 N–H and O–H groups in total. The molecule has 0 radical (unpaired) electrons. The van der Waals surface area contributed by atoms with Crippen molar-refractivity contribution in [3.05, 3.63) is 80.2 Å². The van der Waals surface area contributed by atoms with Crippen LogP contribution in [-0.4, -0.2) is 23.6 Å². The first-order valence-corrected chi connectivity index (χ1v) is 8.88. The number of benzene rings is 1. The summed E-state index contributed by atoms with van der Waals surface area (Å²) >= 11 is 3.00. The van der Waals surface area contributed by atoms with E-state index in [1.807, 2.05) is 29.0 Å². The van der Waals surface area contributed by atoms with Crippen molar-refractivity contribution in [1.82, 2.24) is 4.90 Å². The molecular formula is C18H15NO2S2. The number of nitrogens with zero attached hydrogens (tertiary/aromatic N) is 1. The van der Waals surface area contributed by atoms with Crippen molar-refractivity contribution in [3.8, 4) is 0 Å². The number of carbonyl (C=O) groups excluding carboxylic acids is 2. The zero-order valence-corrected chi connectivity index (χ0v) is 14.2. The molecule has 0 aliphatic carbocycles. The van der Waals surface area contributed by atoms with Crippen LogP contribution in [0.1, 0.15) is 30.5 Å². The number of carbonyl (C=O) groups is 2. The molecular weight excluding hydrogens is 326 g/mol. The fourth-order valence-corrected chi connectivity index (χ4v) is 3.76. The Morgan fingerprint density at radius 3 is 2.26 bits per heavy atom. The fraction of sp³-hybridized carbons (Fsp3) is 0.111. The van der Waals surface area contributed by atoms with Gasteiger partial charge in [-0.25, -0.2) is 0 Å². The van der Waals surface area contributed by atoms with Crippen LogP contribution in [0.5, 0.6) is 0 Å². The molecule has 116 valence electrons. The first kappa shape index (κ1) is 15.6. The predicted octanol–water partition coefficient (Wildman–Crippen LogP) is 4.31. The second-order valence-electron chi connectivity index (χ2n) is 5.09. The monoisotopic (exact) mass is 341 g/mol. The van der Waals surface area contributed by atoms with Crippen molar-refractivity contribution in [3.63, 3.8) is 0 Å². The summed E-state index contributed by atoms with van der Waals surface area (Å²) < 4.78 is 0. The van der Waals surface area contributed by atoms with Gasteiger partial charge in [0.25, 0.3) is 5.91 Å². The van der Waals surface area contributed by atoms with Crippen LogP contribution in [0.25, 0.3) is 0 Å². The summed E-state index contributed by atoms with van der Waals surface area (Å²) in [5.41, 5.74) is 0.905. The van der Waals surface area contributed by atoms with E-state index in [1.54, 1.807) is 53.6 Å². The molecule has 2 heterocycles. The van der Waals surface area contributed by atoms with Gasteiger partial charge in [0.15, 0.2) is 0 Å². The van der Waals surface area contributed by atoms with Gasteiger partial charge in [0.2, 0.25) is 5.78 Å². The standard InChI is InChI=1S/C18H15NO2S2/c1-19(12-13-6-4-10-22-13)18(21)15-8-3-2-7-14(15)17(20)16-9-5-11-23-16/h2-11H,12H2,1H3. The summed E-state index contributed by atoms with van der Waals surface area (Å²) in [7, 11) is 1.76. The van der Waals surface area contributed by atoms with Crippen molar-refractivity contribution in [2.45, 2.75) is 6.54 Å². The Morgan fingerprint density at radius 1 is 0.913 bits per heavy atom. The topological polar surface area (TPSA) is 37.4 Å². The molecule has 2 aromatic heterocycles. The molecule has 0 saturated carbocycles. The molecule has 0 saturated heterocycles. The van der Waals surface area contributed by atoms with E-state index in [-0.39, 0.29) is 11.7 Å². The maximum atomic E-state index is 12.7. The highest BCUT2D eigenvalue weighted by atomic mass is 32.1. The Hall–Kier alpha value is -2.24. The van der Waals surface area contributed by atoms with Crippen molar-refractivity contribution in [2.75, 3.05) is 7.05 Å². The lowest BCUT2D eigenvalue weighted by Crippen LogP contribution is -2.27. The molecule has 3 rings (SSSR count). The van der Waals surface area contributed by atoms with Crippen LogP contribution in [-0.2, 0) is 6.54 Å². The zero-order chi connectivity index (χ0) is 16.2. The molecule has 0 bridgehead atoms. The van der Waals surface area contributed by atoms with Gasteiger partial charge in [0.1, 0.15) is 0 Å². The lowest BCUT2D eigenvalue weighted by molar-refractivity contribution is 0.0782. The number of ketones is 1. The van der Waals surface area contributed by atoms with Crippen molar-refractivity contribution >= 4 is 34.4 Å². The molecule has 1 aromatic carbocycles. The summed E-state index contributed by atoms with van der Waals surface area (Å²) in [4.78, 5) is 28.8. The van der Waals surface area contributed by atoms with Crippen molar-refractivity contribution < 1.29 is 9.59 Å². The number of hydrogen-bond acceptors (Lipinski definition) is 4. The van der Waals surface area contributed by atoms with Gasteiger partial charge >= 0.3 is 0 Å². The van der Waals surface area contributed by atoms with Gasteiger partial charge in [-0.3, -0.25) is 9.59 Å². The van der Waals surface area contributed by atoms with E-state index in [0.717, 1.165) is 4.88 Å². The van der Waals surface area contributed by atoms with E-state index in [2.05, 4.69) is 0 Å². The molecule has 3 nitrogen and oxygen atoms in total. The van der Waals surface area contributed by atoms with Crippen LogP contribution in [0, 0.1) is 0 Å². The molecule has 5 heteroatoms. The number of thiophene rings is 2. The van der Waals surface area contributed by atoms with Crippen LogP contribution in [0.2, 0.25) is 0 Å². The van der Waals surface area contributed by atoms with Crippen molar-refractivity contribution in [1.29, 1.82) is 0 Å². The largest absolute Gasteiger partial charge is 0.337 e. The Labute approximate surface area is 142 Å². The highest BCUT2D eigenvalue weighted by Crippen LogP contribution is 2.20. The van der Waals surface area contributed by atoms with Gasteiger partial charge in [-0.2, -0.15) is 0 Å². The Bertz CT molecular complexity index is 807. The molecule has 3 aromatic rings. The second-order valence-corrected chi connectivity index (χ2v) is 7.07. The third kappa shape index (κ3) is 3.41. The lowest BCUT2D eigenvalue weighted by atomic mass is 10.0. The van der Waals surface area contributed by atoms with E-state index in [1.165, 1.54) is 11.3 Å².